The molecule has 4 aliphatic rings. The summed E-state index contributed by atoms with van der Waals surface area (Å²) in [7, 11) is 0. The third-order valence-electron chi connectivity index (χ3n) is 9.23. The van der Waals surface area contributed by atoms with Gasteiger partial charge in [0, 0.05) is 6.42 Å². The molecule has 4 aliphatic carbocycles. The van der Waals surface area contributed by atoms with Crippen molar-refractivity contribution in [3.63, 3.8) is 0 Å². The maximum Gasteiger partial charge on any atom is 0.471 e. The van der Waals surface area contributed by atoms with Crippen LogP contribution >= 0.6 is 0 Å². The number of alkyl halides is 3. The first-order valence-electron chi connectivity index (χ1n) is 11.1. The largest absolute Gasteiger partial charge is 0.471 e. The van der Waals surface area contributed by atoms with Crippen LogP contribution in [0.5, 0.6) is 0 Å². The van der Waals surface area contributed by atoms with E-state index in [1.165, 1.54) is 25.7 Å². The highest BCUT2D eigenvalue weighted by molar-refractivity contribution is 5.92. The second kappa shape index (κ2) is 6.84. The van der Waals surface area contributed by atoms with E-state index >= 15 is 0 Å². The molecular formula is C23H32F3NO2. The molecule has 0 heterocycles. The number of hydrogen-bond acceptors (Lipinski definition) is 2. The average Bonchev–Trinajstić information content (AvgIpc) is 2.98. The van der Waals surface area contributed by atoms with Gasteiger partial charge in [-0.3, -0.25) is 9.59 Å². The van der Waals surface area contributed by atoms with Crippen molar-refractivity contribution >= 4 is 11.7 Å². The maximum absolute atomic E-state index is 12.8. The number of allylic oxidation sites excluding steroid dienone is 1. The van der Waals surface area contributed by atoms with E-state index < -0.39 is 18.1 Å². The average molecular weight is 412 g/mol. The highest BCUT2D eigenvalue weighted by atomic mass is 19.4. The predicted octanol–water partition coefficient (Wildman–Crippen LogP) is 5.20. The predicted molar refractivity (Wildman–Crippen MR) is 104 cm³/mol. The van der Waals surface area contributed by atoms with Gasteiger partial charge in [0.2, 0.25) is 0 Å². The van der Waals surface area contributed by atoms with Gasteiger partial charge in [-0.05, 0) is 73.0 Å². The van der Waals surface area contributed by atoms with Crippen LogP contribution in [-0.2, 0) is 9.59 Å². The van der Waals surface area contributed by atoms with Crippen molar-refractivity contribution in [2.24, 2.45) is 34.5 Å². The third kappa shape index (κ3) is 3.16. The fraction of sp³-hybridized carbons (Fsp3) is 0.826. The Morgan fingerprint density at radius 2 is 1.93 bits per heavy atom. The van der Waals surface area contributed by atoms with Gasteiger partial charge in [-0.2, -0.15) is 13.2 Å². The minimum absolute atomic E-state index is 0.222. The van der Waals surface area contributed by atoms with Crippen molar-refractivity contribution in [2.75, 3.05) is 0 Å². The Labute approximate surface area is 170 Å². The number of hydrogen-bond donors (Lipinski definition) is 1. The number of rotatable bonds is 2. The number of carbonyl (C=O) groups excluding carboxylic acids is 2. The van der Waals surface area contributed by atoms with Gasteiger partial charge in [-0.1, -0.05) is 38.8 Å². The summed E-state index contributed by atoms with van der Waals surface area (Å²) in [5.74, 6) is 0.167. The molecular weight excluding hydrogens is 379 g/mol. The van der Waals surface area contributed by atoms with Crippen LogP contribution in [0.25, 0.3) is 0 Å². The maximum atomic E-state index is 12.8. The van der Waals surface area contributed by atoms with E-state index in [-0.39, 0.29) is 24.0 Å². The lowest BCUT2D eigenvalue weighted by Crippen LogP contribution is -2.55. The lowest BCUT2D eigenvalue weighted by molar-refractivity contribution is -0.175. The molecule has 3 nitrogen and oxygen atoms in total. The second-order valence-electron chi connectivity index (χ2n) is 10.4. The minimum atomic E-state index is -4.96. The van der Waals surface area contributed by atoms with Crippen molar-refractivity contribution in [3.8, 4) is 0 Å². The Kier molecular flexibility index (Phi) is 4.94. The summed E-state index contributed by atoms with van der Waals surface area (Å²) >= 11 is 0. The molecule has 0 radical (unpaired) electrons. The molecule has 4 rings (SSSR count). The fourth-order valence-electron chi connectivity index (χ4n) is 7.69. The summed E-state index contributed by atoms with van der Waals surface area (Å²) in [5.41, 5.74) is 1.20. The molecule has 0 bridgehead atoms. The van der Waals surface area contributed by atoms with Crippen LogP contribution in [0.15, 0.2) is 11.6 Å². The van der Waals surface area contributed by atoms with Crippen LogP contribution in [0.3, 0.4) is 0 Å². The van der Waals surface area contributed by atoms with E-state index in [4.69, 9.17) is 0 Å². The second-order valence-corrected chi connectivity index (χ2v) is 10.4. The molecule has 0 aromatic carbocycles. The standard InChI is InChI=1S/C23H32F3NO2/c1-4-13-6-8-16-15-7-5-14-11-18(27-20(29)23(24,25)26)19(28)12-22(14,3)17(15)9-10-21(13,16)2/h5,13,15-18H,4,6-12H2,1-3H3,(H,27,29)/t13-,15-,16-,17-,18+,21+,22-/m0/s1. The number of fused-ring (bicyclic) bond motifs is 5. The molecule has 29 heavy (non-hydrogen) atoms. The van der Waals surface area contributed by atoms with Crippen molar-refractivity contribution in [3.05, 3.63) is 11.6 Å². The van der Waals surface area contributed by atoms with Crippen molar-refractivity contribution in [1.82, 2.24) is 5.32 Å². The molecule has 162 valence electrons. The monoisotopic (exact) mass is 411 g/mol. The summed E-state index contributed by atoms with van der Waals surface area (Å²) < 4.78 is 37.9. The summed E-state index contributed by atoms with van der Waals surface area (Å²) in [4.78, 5) is 24.1. The first-order chi connectivity index (χ1) is 13.5. The Morgan fingerprint density at radius 1 is 1.21 bits per heavy atom. The van der Waals surface area contributed by atoms with Gasteiger partial charge in [0.25, 0.3) is 0 Å². The lowest BCUT2D eigenvalue weighted by atomic mass is 9.47. The zero-order chi connectivity index (χ0) is 21.2. The van der Waals surface area contributed by atoms with Crippen LogP contribution < -0.4 is 5.32 Å². The van der Waals surface area contributed by atoms with Crippen LogP contribution in [0.2, 0.25) is 0 Å². The zero-order valence-electron chi connectivity index (χ0n) is 17.6. The normalized spacial score (nSPS) is 44.4. The molecule has 3 fully saturated rings. The number of halogens is 3. The molecule has 0 unspecified atom stereocenters. The molecule has 0 aromatic rings. The van der Waals surface area contributed by atoms with Crippen molar-refractivity contribution in [1.29, 1.82) is 0 Å². The van der Waals surface area contributed by atoms with Gasteiger partial charge in [-0.25, -0.2) is 0 Å². The number of Topliss-reactive ketones (excluding diaryl/α,β-unsaturated/α-hetero) is 1. The van der Waals surface area contributed by atoms with E-state index in [2.05, 4.69) is 26.8 Å². The lowest BCUT2D eigenvalue weighted by Gasteiger charge is -2.58. The Morgan fingerprint density at radius 3 is 2.59 bits per heavy atom. The first kappa shape index (κ1) is 20.9. The Balaban J connectivity index is 1.57. The smallest absolute Gasteiger partial charge is 0.338 e. The molecule has 1 N–H and O–H groups in total. The zero-order valence-corrected chi connectivity index (χ0v) is 17.6. The van der Waals surface area contributed by atoms with Crippen LogP contribution in [0.1, 0.15) is 72.1 Å². The molecule has 0 aromatic heterocycles. The van der Waals surface area contributed by atoms with E-state index in [1.54, 1.807) is 0 Å². The van der Waals surface area contributed by atoms with Gasteiger partial charge in [0.1, 0.15) is 0 Å². The molecule has 0 aliphatic heterocycles. The molecule has 7 atom stereocenters. The van der Waals surface area contributed by atoms with E-state index in [0.717, 1.165) is 24.3 Å². The van der Waals surface area contributed by atoms with Crippen LogP contribution in [0.4, 0.5) is 13.2 Å². The molecule has 3 saturated carbocycles. The fourth-order valence-corrected chi connectivity index (χ4v) is 7.69. The minimum Gasteiger partial charge on any atom is -0.338 e. The third-order valence-corrected chi connectivity index (χ3v) is 9.23. The topological polar surface area (TPSA) is 46.2 Å². The molecule has 6 heteroatoms. The summed E-state index contributed by atoms with van der Waals surface area (Å²) in [6.45, 7) is 6.90. The van der Waals surface area contributed by atoms with Crippen LogP contribution in [-0.4, -0.2) is 23.9 Å². The SMILES string of the molecule is CC[C@H]1CC[C@H]2[C@@H]3CC=C4C[C@@H](NC(=O)C(F)(F)F)C(=O)C[C@]4(C)[C@H]3CC[C@]12C. The van der Waals surface area contributed by atoms with Crippen molar-refractivity contribution < 1.29 is 22.8 Å². The van der Waals surface area contributed by atoms with Gasteiger partial charge in [0.05, 0.1) is 6.04 Å². The first-order valence-corrected chi connectivity index (χ1v) is 11.1. The molecule has 1 amide bonds. The number of ketones is 1. The van der Waals surface area contributed by atoms with Gasteiger partial charge in [0.15, 0.2) is 5.78 Å². The number of amides is 1. The van der Waals surface area contributed by atoms with E-state index in [9.17, 15) is 22.8 Å². The summed E-state index contributed by atoms with van der Waals surface area (Å²) in [5, 5.41) is 1.93. The quantitative estimate of drug-likeness (QED) is 0.635. The van der Waals surface area contributed by atoms with E-state index in [1.807, 2.05) is 5.32 Å². The number of nitrogens with one attached hydrogen (secondary N) is 1. The van der Waals surface area contributed by atoms with Crippen LogP contribution in [0, 0.1) is 34.5 Å². The molecule has 0 spiro atoms. The van der Waals surface area contributed by atoms with E-state index in [0.29, 0.717) is 23.2 Å². The Bertz CT molecular complexity index is 745. The molecule has 0 saturated heterocycles. The Hall–Kier alpha value is -1.33. The van der Waals surface area contributed by atoms with Crippen molar-refractivity contribution in [2.45, 2.75) is 84.4 Å². The highest BCUT2D eigenvalue weighted by Crippen LogP contribution is 2.66. The van der Waals surface area contributed by atoms with Gasteiger partial charge >= 0.3 is 12.1 Å². The number of carbonyl (C=O) groups is 2. The van der Waals surface area contributed by atoms with Gasteiger partial charge < -0.3 is 5.32 Å². The summed E-state index contributed by atoms with van der Waals surface area (Å²) in [6, 6.07) is -1.05. The van der Waals surface area contributed by atoms with Gasteiger partial charge in [-0.15, -0.1) is 0 Å². The highest BCUT2D eigenvalue weighted by Gasteiger charge is 2.59. The summed E-state index contributed by atoms with van der Waals surface area (Å²) in [6.07, 6.45) is 4.71.